The molecule has 1 aliphatic rings. The number of carbonyl (C=O) groups is 1. The summed E-state index contributed by atoms with van der Waals surface area (Å²) < 4.78 is 0. The Morgan fingerprint density at radius 1 is 1.29 bits per heavy atom. The van der Waals surface area contributed by atoms with E-state index in [2.05, 4.69) is 25.3 Å². The highest BCUT2D eigenvalue weighted by atomic mass is 16.1. The van der Waals surface area contributed by atoms with Crippen molar-refractivity contribution in [3.05, 3.63) is 59.4 Å². The van der Waals surface area contributed by atoms with Crippen molar-refractivity contribution in [3.63, 3.8) is 0 Å². The molecule has 2 N–H and O–H groups in total. The summed E-state index contributed by atoms with van der Waals surface area (Å²) in [6.07, 6.45) is 9.62. The van der Waals surface area contributed by atoms with Crippen LogP contribution in [0.3, 0.4) is 0 Å². The molecule has 24 heavy (non-hydrogen) atoms. The number of amides is 1. The fourth-order valence-electron chi connectivity index (χ4n) is 3.13. The van der Waals surface area contributed by atoms with Gasteiger partial charge in [-0.2, -0.15) is 0 Å². The van der Waals surface area contributed by atoms with Crippen LogP contribution >= 0.6 is 0 Å². The predicted molar refractivity (Wildman–Crippen MR) is 90.8 cm³/mol. The van der Waals surface area contributed by atoms with Crippen LogP contribution < -0.4 is 5.32 Å². The van der Waals surface area contributed by atoms with Crippen molar-refractivity contribution in [2.24, 2.45) is 0 Å². The van der Waals surface area contributed by atoms with Gasteiger partial charge in [0.05, 0.1) is 11.3 Å². The van der Waals surface area contributed by atoms with E-state index in [1.165, 1.54) is 6.33 Å². The van der Waals surface area contributed by atoms with E-state index >= 15 is 0 Å². The van der Waals surface area contributed by atoms with E-state index in [0.29, 0.717) is 11.4 Å². The minimum Gasteiger partial charge on any atom is -0.364 e. The summed E-state index contributed by atoms with van der Waals surface area (Å²) in [6, 6.07) is 3.77. The molecule has 0 radical (unpaired) electrons. The summed E-state index contributed by atoms with van der Waals surface area (Å²) in [4.78, 5) is 28.8. The fourth-order valence-corrected chi connectivity index (χ4v) is 3.13. The summed E-state index contributed by atoms with van der Waals surface area (Å²) in [6.45, 7) is 1.92. The number of aromatic amines is 1. The van der Waals surface area contributed by atoms with Gasteiger partial charge in [0, 0.05) is 29.8 Å². The number of nitrogens with one attached hydrogen (secondary N) is 2. The van der Waals surface area contributed by atoms with Crippen LogP contribution in [-0.4, -0.2) is 25.8 Å². The highest BCUT2D eigenvalue weighted by Gasteiger charge is 2.24. The Bertz CT molecular complexity index is 915. The van der Waals surface area contributed by atoms with E-state index in [4.69, 9.17) is 0 Å². The van der Waals surface area contributed by atoms with Crippen LogP contribution in [0.5, 0.6) is 0 Å². The molecule has 0 saturated heterocycles. The smallest absolute Gasteiger partial charge is 0.259 e. The molecule has 6 heteroatoms. The first-order chi connectivity index (χ1) is 11.7. The average Bonchev–Trinajstić information content (AvgIpc) is 2.93. The number of carbonyl (C=O) groups excluding carboxylic acids is 1. The van der Waals surface area contributed by atoms with Gasteiger partial charge in [-0.05, 0) is 43.4 Å². The molecule has 4 rings (SSSR count). The fraction of sp³-hybridized carbons (Fsp3) is 0.222. The molecule has 120 valence electrons. The van der Waals surface area contributed by atoms with Crippen LogP contribution in [0.1, 0.15) is 33.6 Å². The molecule has 0 aliphatic heterocycles. The Kier molecular flexibility index (Phi) is 3.57. The monoisotopic (exact) mass is 319 g/mol. The average molecular weight is 319 g/mol. The van der Waals surface area contributed by atoms with Crippen LogP contribution in [0.2, 0.25) is 0 Å². The number of pyridine rings is 1. The van der Waals surface area contributed by atoms with Gasteiger partial charge >= 0.3 is 0 Å². The lowest BCUT2D eigenvalue weighted by Gasteiger charge is -2.09. The van der Waals surface area contributed by atoms with E-state index in [9.17, 15) is 4.79 Å². The first-order valence-electron chi connectivity index (χ1n) is 7.96. The zero-order valence-corrected chi connectivity index (χ0v) is 13.3. The molecule has 0 unspecified atom stereocenters. The lowest BCUT2D eigenvalue weighted by Crippen LogP contribution is -2.14. The molecule has 0 spiro atoms. The topological polar surface area (TPSA) is 83.6 Å². The maximum atomic E-state index is 12.8. The minimum atomic E-state index is -0.180. The molecule has 0 saturated carbocycles. The Hall–Kier alpha value is -3.02. The maximum absolute atomic E-state index is 12.8. The van der Waals surface area contributed by atoms with Gasteiger partial charge < -0.3 is 10.3 Å². The van der Waals surface area contributed by atoms with E-state index in [-0.39, 0.29) is 5.91 Å². The summed E-state index contributed by atoms with van der Waals surface area (Å²) >= 11 is 0. The SMILES string of the molecule is Cc1cccnc1NC(=O)c1c[nH]c2c1-c1ncncc1CCC2. The van der Waals surface area contributed by atoms with E-state index in [1.54, 1.807) is 12.4 Å². The predicted octanol–water partition coefficient (Wildman–Crippen LogP) is 2.92. The number of anilines is 1. The molecular formula is C18H17N5O. The molecule has 3 aromatic rings. The molecule has 1 amide bonds. The van der Waals surface area contributed by atoms with Crippen molar-refractivity contribution in [1.82, 2.24) is 19.9 Å². The van der Waals surface area contributed by atoms with Gasteiger partial charge in [0.15, 0.2) is 0 Å². The van der Waals surface area contributed by atoms with Crippen molar-refractivity contribution < 1.29 is 4.79 Å². The standard InChI is InChI=1S/C18H17N5O/c1-11-4-3-7-20-17(11)23-18(24)13-9-21-14-6-2-5-12-8-19-10-22-16(12)15(13)14/h3-4,7-10,21H,2,5-6H2,1H3,(H,20,23,24). The van der Waals surface area contributed by atoms with Crippen LogP contribution in [0.25, 0.3) is 11.3 Å². The summed E-state index contributed by atoms with van der Waals surface area (Å²) in [7, 11) is 0. The molecule has 3 aromatic heterocycles. The second kappa shape index (κ2) is 5.88. The van der Waals surface area contributed by atoms with Crippen molar-refractivity contribution in [2.45, 2.75) is 26.2 Å². The minimum absolute atomic E-state index is 0.180. The molecule has 3 heterocycles. The molecule has 6 nitrogen and oxygen atoms in total. The highest BCUT2D eigenvalue weighted by molar-refractivity contribution is 6.09. The van der Waals surface area contributed by atoms with Gasteiger partial charge in [-0.1, -0.05) is 6.07 Å². The van der Waals surface area contributed by atoms with Gasteiger partial charge in [-0.25, -0.2) is 15.0 Å². The van der Waals surface area contributed by atoms with E-state index in [1.807, 2.05) is 25.3 Å². The third-order valence-corrected chi connectivity index (χ3v) is 4.35. The first kappa shape index (κ1) is 14.6. The van der Waals surface area contributed by atoms with Crippen LogP contribution in [-0.2, 0) is 12.8 Å². The van der Waals surface area contributed by atoms with Crippen molar-refractivity contribution >= 4 is 11.7 Å². The van der Waals surface area contributed by atoms with Crippen LogP contribution in [0.4, 0.5) is 5.82 Å². The third-order valence-electron chi connectivity index (χ3n) is 4.35. The molecule has 1 aliphatic carbocycles. The lowest BCUT2D eigenvalue weighted by atomic mass is 10.0. The summed E-state index contributed by atoms with van der Waals surface area (Å²) in [5.41, 5.74) is 5.39. The van der Waals surface area contributed by atoms with Crippen molar-refractivity contribution in [1.29, 1.82) is 0 Å². The Balaban J connectivity index is 1.76. The summed E-state index contributed by atoms with van der Waals surface area (Å²) in [5.74, 6) is 0.398. The molecule has 0 atom stereocenters. The van der Waals surface area contributed by atoms with Gasteiger partial charge in [0.1, 0.15) is 12.1 Å². The number of hydrogen-bond acceptors (Lipinski definition) is 4. The highest BCUT2D eigenvalue weighted by Crippen LogP contribution is 2.33. The zero-order chi connectivity index (χ0) is 16.5. The number of aryl methyl sites for hydroxylation is 3. The third kappa shape index (κ3) is 2.46. The molecule has 0 fully saturated rings. The Morgan fingerprint density at radius 2 is 2.21 bits per heavy atom. The second-order valence-electron chi connectivity index (χ2n) is 5.93. The van der Waals surface area contributed by atoms with Crippen LogP contribution in [0, 0.1) is 6.92 Å². The van der Waals surface area contributed by atoms with Crippen molar-refractivity contribution in [3.8, 4) is 11.3 Å². The number of fused-ring (bicyclic) bond motifs is 3. The Labute approximate surface area is 139 Å². The molecular weight excluding hydrogens is 302 g/mol. The number of nitrogens with zero attached hydrogens (tertiary/aromatic N) is 3. The number of aromatic nitrogens is 4. The number of H-pyrrole nitrogens is 1. The number of hydrogen-bond donors (Lipinski definition) is 2. The van der Waals surface area contributed by atoms with E-state index < -0.39 is 0 Å². The van der Waals surface area contributed by atoms with Gasteiger partial charge in [0.2, 0.25) is 0 Å². The van der Waals surface area contributed by atoms with Gasteiger partial charge in [0.25, 0.3) is 5.91 Å². The normalized spacial score (nSPS) is 12.9. The van der Waals surface area contributed by atoms with Gasteiger partial charge in [-0.15, -0.1) is 0 Å². The first-order valence-corrected chi connectivity index (χ1v) is 7.96. The van der Waals surface area contributed by atoms with E-state index in [0.717, 1.165) is 47.3 Å². The van der Waals surface area contributed by atoms with Gasteiger partial charge in [-0.3, -0.25) is 4.79 Å². The van der Waals surface area contributed by atoms with Crippen LogP contribution in [0.15, 0.2) is 37.1 Å². The van der Waals surface area contributed by atoms with Crippen molar-refractivity contribution in [2.75, 3.05) is 5.32 Å². The Morgan fingerprint density at radius 3 is 3.08 bits per heavy atom. The number of rotatable bonds is 2. The molecule has 0 aromatic carbocycles. The largest absolute Gasteiger partial charge is 0.364 e. The maximum Gasteiger partial charge on any atom is 0.259 e. The summed E-state index contributed by atoms with van der Waals surface area (Å²) in [5, 5.41) is 2.90. The lowest BCUT2D eigenvalue weighted by molar-refractivity contribution is 0.102. The molecule has 0 bridgehead atoms. The quantitative estimate of drug-likeness (QED) is 0.760. The zero-order valence-electron chi connectivity index (χ0n) is 13.3. The second-order valence-corrected chi connectivity index (χ2v) is 5.93.